The van der Waals surface area contributed by atoms with Crippen LogP contribution in [0.5, 0.6) is 0 Å². The maximum atomic E-state index is 13.4. The lowest BCUT2D eigenvalue weighted by Crippen LogP contribution is -2.07. The van der Waals surface area contributed by atoms with Crippen LogP contribution in [0.2, 0.25) is 5.02 Å². The molecule has 96 valence electrons. The second kappa shape index (κ2) is 5.29. The van der Waals surface area contributed by atoms with E-state index in [4.69, 9.17) is 17.3 Å². The zero-order valence-corrected chi connectivity index (χ0v) is 12.0. The normalized spacial score (nSPS) is 10.7. The molecule has 0 aliphatic carbocycles. The third-order valence-electron chi connectivity index (χ3n) is 2.03. The van der Waals surface area contributed by atoms with Gasteiger partial charge in [-0.1, -0.05) is 34.7 Å². The first-order valence-corrected chi connectivity index (χ1v) is 6.91. The molecular weight excluding hydrogens is 295 g/mol. The molecule has 0 bridgehead atoms. The largest absolute Gasteiger partial charge is 0.398 e. The summed E-state index contributed by atoms with van der Waals surface area (Å²) in [5.41, 5.74) is 6.20. The molecule has 0 saturated carbocycles. The van der Waals surface area contributed by atoms with Gasteiger partial charge in [-0.3, -0.25) is 0 Å². The van der Waals surface area contributed by atoms with E-state index < -0.39 is 5.82 Å². The molecule has 0 aliphatic heterocycles. The standard InChI is InChI=1S/C10H10ClFN4S2/c1-16(2)9-14-15-10(18-9)17-8-4-6(12)5(11)3-7(8)13/h3-4H,13H2,1-2H3. The van der Waals surface area contributed by atoms with Crippen LogP contribution in [0.15, 0.2) is 21.4 Å². The van der Waals surface area contributed by atoms with E-state index in [1.807, 2.05) is 19.0 Å². The molecule has 2 N–H and O–H groups in total. The number of nitrogens with two attached hydrogens (primary N) is 1. The molecule has 0 atom stereocenters. The molecule has 0 amide bonds. The highest BCUT2D eigenvalue weighted by molar-refractivity contribution is 8.01. The van der Waals surface area contributed by atoms with E-state index in [0.717, 1.165) is 5.13 Å². The molecule has 18 heavy (non-hydrogen) atoms. The van der Waals surface area contributed by atoms with Gasteiger partial charge in [0.25, 0.3) is 0 Å². The zero-order valence-electron chi connectivity index (χ0n) is 9.65. The summed E-state index contributed by atoms with van der Waals surface area (Å²) in [5, 5.41) is 8.80. The van der Waals surface area contributed by atoms with Crippen molar-refractivity contribution in [3.8, 4) is 0 Å². The maximum absolute atomic E-state index is 13.4. The third-order valence-corrected chi connectivity index (χ3v) is 4.53. The van der Waals surface area contributed by atoms with Crippen LogP contribution >= 0.6 is 34.7 Å². The molecule has 1 aromatic heterocycles. The third kappa shape index (κ3) is 2.85. The molecule has 0 spiro atoms. The number of hydrogen-bond donors (Lipinski definition) is 1. The van der Waals surface area contributed by atoms with Gasteiger partial charge in [0.05, 0.1) is 5.02 Å². The van der Waals surface area contributed by atoms with Crippen molar-refractivity contribution in [2.45, 2.75) is 9.24 Å². The number of anilines is 2. The number of aromatic nitrogens is 2. The highest BCUT2D eigenvalue weighted by Gasteiger charge is 2.12. The van der Waals surface area contributed by atoms with Crippen molar-refractivity contribution in [1.82, 2.24) is 10.2 Å². The van der Waals surface area contributed by atoms with E-state index in [9.17, 15) is 4.39 Å². The lowest BCUT2D eigenvalue weighted by Gasteiger charge is -2.05. The van der Waals surface area contributed by atoms with Crippen molar-refractivity contribution in [2.24, 2.45) is 0 Å². The minimum absolute atomic E-state index is 0.0168. The van der Waals surface area contributed by atoms with Crippen LogP contribution in [-0.2, 0) is 0 Å². The molecule has 8 heteroatoms. The van der Waals surface area contributed by atoms with Crippen LogP contribution in [0.1, 0.15) is 0 Å². The van der Waals surface area contributed by atoms with Gasteiger partial charge in [0.15, 0.2) is 4.34 Å². The van der Waals surface area contributed by atoms with Gasteiger partial charge in [-0.15, -0.1) is 10.2 Å². The van der Waals surface area contributed by atoms with Gasteiger partial charge >= 0.3 is 0 Å². The lowest BCUT2D eigenvalue weighted by molar-refractivity contribution is 0.625. The average Bonchev–Trinajstić information content (AvgIpc) is 2.74. The predicted octanol–water partition coefficient (Wildman–Crippen LogP) is 3.13. The van der Waals surface area contributed by atoms with E-state index in [-0.39, 0.29) is 5.02 Å². The van der Waals surface area contributed by atoms with Crippen LogP contribution in [-0.4, -0.2) is 24.3 Å². The van der Waals surface area contributed by atoms with Crippen LogP contribution in [0.4, 0.5) is 15.2 Å². The fourth-order valence-electron chi connectivity index (χ4n) is 1.15. The van der Waals surface area contributed by atoms with Gasteiger partial charge in [0.1, 0.15) is 5.82 Å². The zero-order chi connectivity index (χ0) is 13.3. The Labute approximate surface area is 117 Å². The summed E-state index contributed by atoms with van der Waals surface area (Å²) in [7, 11) is 3.76. The maximum Gasteiger partial charge on any atom is 0.208 e. The van der Waals surface area contributed by atoms with Crippen LogP contribution in [0, 0.1) is 5.82 Å². The second-order valence-electron chi connectivity index (χ2n) is 3.65. The summed E-state index contributed by atoms with van der Waals surface area (Å²) in [5.74, 6) is -0.495. The SMILES string of the molecule is CN(C)c1nnc(Sc2cc(F)c(Cl)cc2N)s1. The van der Waals surface area contributed by atoms with Crippen molar-refractivity contribution in [3.05, 3.63) is 23.0 Å². The predicted molar refractivity (Wildman–Crippen MR) is 74.2 cm³/mol. The van der Waals surface area contributed by atoms with Crippen molar-refractivity contribution >= 4 is 45.5 Å². The van der Waals surface area contributed by atoms with E-state index in [1.54, 1.807) is 0 Å². The minimum Gasteiger partial charge on any atom is -0.398 e. The summed E-state index contributed by atoms with van der Waals surface area (Å²) in [4.78, 5) is 2.44. The smallest absolute Gasteiger partial charge is 0.208 e. The molecule has 0 radical (unpaired) electrons. The number of halogens is 2. The Morgan fingerprint density at radius 2 is 2.11 bits per heavy atom. The minimum atomic E-state index is -0.495. The topological polar surface area (TPSA) is 55.0 Å². The van der Waals surface area contributed by atoms with Crippen molar-refractivity contribution in [2.75, 3.05) is 24.7 Å². The van der Waals surface area contributed by atoms with E-state index >= 15 is 0 Å². The highest BCUT2D eigenvalue weighted by Crippen LogP contribution is 2.37. The summed E-state index contributed by atoms with van der Waals surface area (Å²) in [6, 6.07) is 2.70. The number of hydrogen-bond acceptors (Lipinski definition) is 6. The Hall–Kier alpha value is -1.05. The first-order chi connectivity index (χ1) is 8.47. The van der Waals surface area contributed by atoms with Crippen LogP contribution < -0.4 is 10.6 Å². The second-order valence-corrected chi connectivity index (χ2v) is 6.30. The Kier molecular flexibility index (Phi) is 3.94. The van der Waals surface area contributed by atoms with Crippen LogP contribution in [0.25, 0.3) is 0 Å². The van der Waals surface area contributed by atoms with E-state index in [1.165, 1.54) is 35.2 Å². The van der Waals surface area contributed by atoms with Crippen molar-refractivity contribution in [3.63, 3.8) is 0 Å². The molecule has 0 unspecified atom stereocenters. The fraction of sp³-hybridized carbons (Fsp3) is 0.200. The number of nitrogen functional groups attached to an aromatic ring is 1. The van der Waals surface area contributed by atoms with Gasteiger partial charge in [-0.05, 0) is 12.1 Å². The summed E-state index contributed by atoms with van der Waals surface area (Å²) in [6.07, 6.45) is 0. The van der Waals surface area contributed by atoms with Crippen molar-refractivity contribution in [1.29, 1.82) is 0 Å². The molecule has 4 nitrogen and oxygen atoms in total. The van der Waals surface area contributed by atoms with Gasteiger partial charge in [-0.2, -0.15) is 0 Å². The molecule has 0 saturated heterocycles. The highest BCUT2D eigenvalue weighted by atomic mass is 35.5. The number of rotatable bonds is 3. The Morgan fingerprint density at radius 3 is 2.72 bits per heavy atom. The molecule has 2 rings (SSSR count). The van der Waals surface area contributed by atoms with Crippen LogP contribution in [0.3, 0.4) is 0 Å². The van der Waals surface area contributed by atoms with E-state index in [2.05, 4.69) is 10.2 Å². The molecule has 2 aromatic rings. The summed E-state index contributed by atoms with van der Waals surface area (Å²) < 4.78 is 14.1. The molecule has 0 fully saturated rings. The average molecular weight is 305 g/mol. The molecular formula is C10H10ClFN4S2. The van der Waals surface area contributed by atoms with E-state index in [0.29, 0.717) is 14.9 Å². The lowest BCUT2D eigenvalue weighted by atomic mass is 10.3. The molecule has 1 heterocycles. The number of nitrogens with zero attached hydrogens (tertiary/aromatic N) is 3. The molecule has 0 aliphatic rings. The number of benzene rings is 1. The van der Waals surface area contributed by atoms with Gasteiger partial charge in [0, 0.05) is 24.7 Å². The monoisotopic (exact) mass is 304 g/mol. The Morgan fingerprint density at radius 1 is 1.39 bits per heavy atom. The Bertz CT molecular complexity index is 573. The quantitative estimate of drug-likeness (QED) is 0.883. The first kappa shape index (κ1) is 13.4. The Balaban J connectivity index is 2.25. The summed E-state index contributed by atoms with van der Waals surface area (Å²) >= 11 is 8.32. The fourth-order valence-corrected chi connectivity index (χ4v) is 3.09. The van der Waals surface area contributed by atoms with Gasteiger partial charge in [0.2, 0.25) is 5.13 Å². The first-order valence-electron chi connectivity index (χ1n) is 4.90. The summed E-state index contributed by atoms with van der Waals surface area (Å²) in [6.45, 7) is 0. The van der Waals surface area contributed by atoms with Crippen molar-refractivity contribution < 1.29 is 4.39 Å². The van der Waals surface area contributed by atoms with Gasteiger partial charge < -0.3 is 10.6 Å². The molecule has 1 aromatic carbocycles. The van der Waals surface area contributed by atoms with Gasteiger partial charge in [-0.25, -0.2) is 4.39 Å².